The lowest BCUT2D eigenvalue weighted by molar-refractivity contribution is -0.155. The van der Waals surface area contributed by atoms with E-state index >= 15 is 0 Å². The van der Waals surface area contributed by atoms with Gasteiger partial charge < -0.3 is 19.5 Å². The van der Waals surface area contributed by atoms with E-state index in [1.165, 1.54) is 14.0 Å². The van der Waals surface area contributed by atoms with Crippen LogP contribution in [0.4, 0.5) is 5.69 Å². The Morgan fingerprint density at radius 2 is 2.00 bits per heavy atom. The first-order valence-corrected chi connectivity index (χ1v) is 9.20. The Bertz CT molecular complexity index is 917. The molecule has 29 heavy (non-hydrogen) atoms. The van der Waals surface area contributed by atoms with Crippen LogP contribution < -0.4 is 14.8 Å². The summed E-state index contributed by atoms with van der Waals surface area (Å²) in [6, 6.07) is 5.36. The minimum Gasteiger partial charge on any atom is -0.493 e. The minimum absolute atomic E-state index is 0.345. The number of aryl methyl sites for hydroxylation is 2. The molecule has 0 saturated heterocycles. The molecule has 0 radical (unpaired) electrons. The zero-order chi connectivity index (χ0) is 21.6. The third-order valence-corrected chi connectivity index (χ3v) is 4.33. The maximum atomic E-state index is 12.3. The van der Waals surface area contributed by atoms with Crippen LogP contribution in [-0.4, -0.2) is 41.5 Å². The fourth-order valence-corrected chi connectivity index (χ4v) is 2.70. The van der Waals surface area contributed by atoms with Crippen LogP contribution in [0.5, 0.6) is 11.5 Å². The first-order chi connectivity index (χ1) is 13.8. The molecule has 1 amide bonds. The average molecular weight is 401 g/mol. The van der Waals surface area contributed by atoms with Crippen molar-refractivity contribution >= 4 is 23.6 Å². The topological polar surface area (TPSA) is 91.7 Å². The van der Waals surface area contributed by atoms with Crippen LogP contribution in [0.3, 0.4) is 0 Å². The summed E-state index contributed by atoms with van der Waals surface area (Å²) in [7, 11) is 3.31. The van der Waals surface area contributed by atoms with Gasteiger partial charge in [0, 0.05) is 7.05 Å². The highest BCUT2D eigenvalue weighted by atomic mass is 16.6. The van der Waals surface area contributed by atoms with E-state index in [1.807, 2.05) is 32.1 Å². The number of esters is 1. The molecule has 2 rings (SSSR count). The van der Waals surface area contributed by atoms with Crippen LogP contribution in [-0.2, 0) is 21.4 Å². The zero-order valence-corrected chi connectivity index (χ0v) is 17.6. The van der Waals surface area contributed by atoms with Gasteiger partial charge in [-0.15, -0.1) is 0 Å². The van der Waals surface area contributed by atoms with Crippen LogP contribution in [0.2, 0.25) is 0 Å². The molecule has 0 saturated carbocycles. The van der Waals surface area contributed by atoms with E-state index in [1.54, 1.807) is 30.8 Å². The Labute approximate surface area is 170 Å². The molecule has 1 aromatic heterocycles. The van der Waals surface area contributed by atoms with Gasteiger partial charge in [0.05, 0.1) is 24.2 Å². The van der Waals surface area contributed by atoms with E-state index in [2.05, 4.69) is 10.4 Å². The Morgan fingerprint density at radius 3 is 2.59 bits per heavy atom. The number of rotatable bonds is 8. The first-order valence-electron chi connectivity index (χ1n) is 9.20. The molecule has 0 unspecified atom stereocenters. The van der Waals surface area contributed by atoms with Crippen LogP contribution in [0.15, 0.2) is 24.3 Å². The van der Waals surface area contributed by atoms with Gasteiger partial charge in [-0.1, -0.05) is 18.2 Å². The summed E-state index contributed by atoms with van der Waals surface area (Å²) in [6.45, 7) is 6.71. The van der Waals surface area contributed by atoms with E-state index in [0.29, 0.717) is 22.9 Å². The van der Waals surface area contributed by atoms with Crippen LogP contribution in [0, 0.1) is 13.8 Å². The van der Waals surface area contributed by atoms with Crippen molar-refractivity contribution in [2.24, 2.45) is 7.05 Å². The molecule has 0 aliphatic rings. The molecule has 1 atom stereocenters. The van der Waals surface area contributed by atoms with Gasteiger partial charge in [-0.3, -0.25) is 9.48 Å². The van der Waals surface area contributed by atoms with Gasteiger partial charge >= 0.3 is 5.97 Å². The lowest BCUT2D eigenvalue weighted by Crippen LogP contribution is -2.32. The zero-order valence-electron chi connectivity index (χ0n) is 17.6. The van der Waals surface area contributed by atoms with Crippen molar-refractivity contribution in [3.8, 4) is 11.5 Å². The third kappa shape index (κ3) is 5.60. The molecule has 2 aromatic rings. The molecule has 156 valence electrons. The van der Waals surface area contributed by atoms with Gasteiger partial charge in [0.25, 0.3) is 5.91 Å². The number of methoxy groups -OCH3 is 1. The fraction of sp³-hybridized carbons (Fsp3) is 0.381. The summed E-state index contributed by atoms with van der Waals surface area (Å²) in [4.78, 5) is 24.4. The number of anilines is 1. The van der Waals surface area contributed by atoms with Crippen LogP contribution >= 0.6 is 0 Å². The highest BCUT2D eigenvalue weighted by Crippen LogP contribution is 2.28. The summed E-state index contributed by atoms with van der Waals surface area (Å²) in [5.74, 6) is -0.184. The minimum atomic E-state index is -0.982. The van der Waals surface area contributed by atoms with Crippen molar-refractivity contribution in [3.05, 3.63) is 41.2 Å². The number of hydrogen-bond donors (Lipinski definition) is 1. The molecular formula is C21H27N3O5. The number of benzene rings is 1. The maximum Gasteiger partial charge on any atom is 0.344 e. The molecule has 0 bridgehead atoms. The summed E-state index contributed by atoms with van der Waals surface area (Å²) >= 11 is 0. The van der Waals surface area contributed by atoms with Gasteiger partial charge in [-0.2, -0.15) is 5.10 Å². The van der Waals surface area contributed by atoms with Crippen molar-refractivity contribution in [2.75, 3.05) is 19.0 Å². The number of carbonyl (C=O) groups excluding carboxylic acids is 2. The van der Waals surface area contributed by atoms with Gasteiger partial charge in [0.2, 0.25) is 0 Å². The average Bonchev–Trinajstić information content (AvgIpc) is 2.92. The molecule has 0 fully saturated rings. The van der Waals surface area contributed by atoms with Crippen LogP contribution in [0.25, 0.3) is 6.08 Å². The Hall–Kier alpha value is -3.29. The quantitative estimate of drug-likeness (QED) is 0.684. The molecule has 0 aliphatic heterocycles. The Kier molecular flexibility index (Phi) is 7.41. The fourth-order valence-electron chi connectivity index (χ4n) is 2.70. The second kappa shape index (κ2) is 9.77. The number of amides is 1. The van der Waals surface area contributed by atoms with E-state index in [0.717, 1.165) is 11.3 Å². The number of carbonyl (C=O) groups is 2. The van der Waals surface area contributed by atoms with E-state index in [-0.39, 0.29) is 6.61 Å². The van der Waals surface area contributed by atoms with E-state index < -0.39 is 18.0 Å². The van der Waals surface area contributed by atoms with Gasteiger partial charge in [-0.25, -0.2) is 4.79 Å². The number of allylic oxidation sites excluding steroid dienone is 1. The summed E-state index contributed by atoms with van der Waals surface area (Å²) in [5.41, 5.74) is 3.06. The number of nitrogens with zero attached hydrogens (tertiary/aromatic N) is 2. The predicted molar refractivity (Wildman–Crippen MR) is 110 cm³/mol. The van der Waals surface area contributed by atoms with E-state index in [4.69, 9.17) is 14.2 Å². The number of aromatic nitrogens is 2. The van der Waals surface area contributed by atoms with Crippen molar-refractivity contribution in [1.29, 1.82) is 0 Å². The molecule has 1 aromatic carbocycles. The summed E-state index contributed by atoms with van der Waals surface area (Å²) in [6.07, 6.45) is 2.85. The molecule has 1 N–H and O–H groups in total. The highest BCUT2D eigenvalue weighted by Gasteiger charge is 2.21. The monoisotopic (exact) mass is 401 g/mol. The molecule has 0 aliphatic carbocycles. The smallest absolute Gasteiger partial charge is 0.344 e. The Morgan fingerprint density at radius 1 is 1.28 bits per heavy atom. The number of nitrogens with one attached hydrogen (secondary N) is 1. The summed E-state index contributed by atoms with van der Waals surface area (Å²) < 4.78 is 17.6. The standard InChI is InChI=1S/C21H27N3O5/c1-7-8-16-9-10-17(18(11-16)27-6)28-12-19(25)29-15(4)21(26)22-20-13(2)23-24(5)14(20)3/h7-11,15H,12H2,1-6H3,(H,22,26)/b8-7+/t15-/m0/s1. The van der Waals surface area contributed by atoms with Crippen molar-refractivity contribution in [2.45, 2.75) is 33.8 Å². The highest BCUT2D eigenvalue weighted by molar-refractivity contribution is 5.96. The first kappa shape index (κ1) is 22.0. The SMILES string of the molecule is C/C=C/c1ccc(OCC(=O)O[C@@H](C)C(=O)Nc2c(C)nn(C)c2C)c(OC)c1. The predicted octanol–water partition coefficient (Wildman–Crippen LogP) is 3.03. The number of ether oxygens (including phenoxy) is 3. The third-order valence-electron chi connectivity index (χ3n) is 4.33. The second-order valence-corrected chi connectivity index (χ2v) is 6.49. The molecule has 0 spiro atoms. The molecule has 8 nitrogen and oxygen atoms in total. The van der Waals surface area contributed by atoms with Crippen molar-refractivity contribution in [1.82, 2.24) is 9.78 Å². The van der Waals surface area contributed by atoms with E-state index in [9.17, 15) is 9.59 Å². The molecular weight excluding hydrogens is 374 g/mol. The van der Waals surface area contributed by atoms with Gasteiger partial charge in [-0.05, 0) is 45.4 Å². The number of hydrogen-bond acceptors (Lipinski definition) is 6. The van der Waals surface area contributed by atoms with Crippen LogP contribution in [0.1, 0.15) is 30.8 Å². The second-order valence-electron chi connectivity index (χ2n) is 6.49. The lowest BCUT2D eigenvalue weighted by Gasteiger charge is -2.15. The lowest BCUT2D eigenvalue weighted by atomic mass is 10.2. The van der Waals surface area contributed by atoms with Gasteiger partial charge in [0.1, 0.15) is 0 Å². The summed E-state index contributed by atoms with van der Waals surface area (Å²) in [5, 5.41) is 6.99. The van der Waals surface area contributed by atoms with Crippen molar-refractivity contribution < 1.29 is 23.8 Å². The largest absolute Gasteiger partial charge is 0.493 e. The van der Waals surface area contributed by atoms with Gasteiger partial charge in [0.15, 0.2) is 24.2 Å². The Balaban J connectivity index is 1.92. The molecule has 8 heteroatoms. The van der Waals surface area contributed by atoms with Crippen molar-refractivity contribution in [3.63, 3.8) is 0 Å². The molecule has 1 heterocycles. The normalized spacial score (nSPS) is 11.9. The maximum absolute atomic E-state index is 12.3.